The highest BCUT2D eigenvalue weighted by atomic mass is 16.5. The van der Waals surface area contributed by atoms with Gasteiger partial charge in [-0.05, 0) is 50.5 Å². The number of carboxylic acid groups (broad SMARTS) is 1. The predicted molar refractivity (Wildman–Crippen MR) is 130 cm³/mol. The first-order valence-corrected chi connectivity index (χ1v) is 11.5. The van der Waals surface area contributed by atoms with Gasteiger partial charge in [0.1, 0.15) is 17.4 Å². The van der Waals surface area contributed by atoms with Gasteiger partial charge in [-0.1, -0.05) is 50.1 Å². The maximum atomic E-state index is 12.8. The maximum absolute atomic E-state index is 12.8. The van der Waals surface area contributed by atoms with Gasteiger partial charge in [0.2, 0.25) is 0 Å². The molecule has 0 bridgehead atoms. The smallest absolute Gasteiger partial charge is 0.340 e. The second-order valence-corrected chi connectivity index (χ2v) is 8.52. The van der Waals surface area contributed by atoms with E-state index in [1.807, 2.05) is 50.2 Å². The number of ether oxygens (including phenoxy) is 1. The van der Waals surface area contributed by atoms with Crippen LogP contribution in [0, 0.1) is 13.8 Å². The molecule has 0 aliphatic rings. The van der Waals surface area contributed by atoms with Crippen molar-refractivity contribution in [2.45, 2.75) is 65.5 Å². The predicted octanol–water partition coefficient (Wildman–Crippen LogP) is 4.53. The number of fused-ring (bicyclic) bond motifs is 1. The van der Waals surface area contributed by atoms with Crippen LogP contribution < -0.4 is 15.7 Å². The van der Waals surface area contributed by atoms with Crippen LogP contribution in [0.5, 0.6) is 5.75 Å². The first kappa shape index (κ1) is 25.0. The molecule has 0 aliphatic carbocycles. The van der Waals surface area contributed by atoms with Crippen molar-refractivity contribution in [2.75, 3.05) is 0 Å². The zero-order valence-corrected chi connectivity index (χ0v) is 20.0. The minimum absolute atomic E-state index is 0.356. The number of hydrogen-bond acceptors (Lipinski definition) is 5. The number of unbranched alkanes of at least 4 members (excludes halogenated alkanes) is 1. The van der Waals surface area contributed by atoms with Crippen LogP contribution in [0.2, 0.25) is 0 Å². The summed E-state index contributed by atoms with van der Waals surface area (Å²) in [6, 6.07) is 12.3. The third-order valence-corrected chi connectivity index (χ3v) is 6.01. The molecule has 0 spiro atoms. The summed E-state index contributed by atoms with van der Waals surface area (Å²) in [5, 5.41) is 12.7. The summed E-state index contributed by atoms with van der Waals surface area (Å²) in [6.45, 7) is 7.18. The van der Waals surface area contributed by atoms with Crippen molar-refractivity contribution >= 4 is 22.8 Å². The Labute approximate surface area is 198 Å². The summed E-state index contributed by atoms with van der Waals surface area (Å²) < 4.78 is 11.5. The Hall–Kier alpha value is -3.61. The van der Waals surface area contributed by atoms with E-state index in [-0.39, 0.29) is 0 Å². The number of aryl methyl sites for hydroxylation is 2. The highest BCUT2D eigenvalue weighted by Gasteiger charge is 2.24. The molecule has 0 fully saturated rings. The quantitative estimate of drug-likeness (QED) is 0.426. The first-order chi connectivity index (χ1) is 16.2. The van der Waals surface area contributed by atoms with E-state index in [0.29, 0.717) is 41.7 Å². The van der Waals surface area contributed by atoms with Crippen LogP contribution >= 0.6 is 0 Å². The molecular weight excluding hydrogens is 434 g/mol. The highest BCUT2D eigenvalue weighted by Crippen LogP contribution is 2.30. The Morgan fingerprint density at radius 2 is 1.79 bits per heavy atom. The normalized spacial score (nSPS) is 12.8. The standard InChI is InChI=1S/C27H31NO6/c1-5-6-12-22(26(30)31)28-25(29)18(4)33-23-14-13-20-16(2)21(15-19-10-8-7-9-11-19)27(32)34-24(20)17(23)3/h7-11,13-14,18,22H,5-6,12,15H2,1-4H3,(H,28,29)(H,30,31)/t18-,22-/m0/s1. The van der Waals surface area contributed by atoms with Crippen LogP contribution in [0.3, 0.4) is 0 Å². The molecule has 0 unspecified atom stereocenters. The number of carbonyl (C=O) groups excluding carboxylic acids is 1. The molecule has 1 amide bonds. The van der Waals surface area contributed by atoms with E-state index in [2.05, 4.69) is 5.32 Å². The van der Waals surface area contributed by atoms with Gasteiger partial charge in [0.25, 0.3) is 5.91 Å². The zero-order chi connectivity index (χ0) is 24.8. The van der Waals surface area contributed by atoms with Crippen LogP contribution in [-0.4, -0.2) is 29.1 Å². The zero-order valence-electron chi connectivity index (χ0n) is 20.0. The third kappa shape index (κ3) is 5.65. The molecule has 2 N–H and O–H groups in total. The molecule has 1 aromatic heterocycles. The molecule has 1 heterocycles. The van der Waals surface area contributed by atoms with E-state index in [1.165, 1.54) is 0 Å². The molecule has 180 valence electrons. The lowest BCUT2D eigenvalue weighted by Crippen LogP contribution is -2.46. The van der Waals surface area contributed by atoms with E-state index in [0.717, 1.165) is 22.9 Å². The topological polar surface area (TPSA) is 106 Å². The Morgan fingerprint density at radius 3 is 2.44 bits per heavy atom. The Bertz CT molecular complexity index is 1230. The fraction of sp³-hybridized carbons (Fsp3) is 0.370. The molecular formula is C27H31NO6. The van der Waals surface area contributed by atoms with Crippen molar-refractivity contribution in [3.8, 4) is 5.75 Å². The van der Waals surface area contributed by atoms with Crippen molar-refractivity contribution in [1.82, 2.24) is 5.32 Å². The summed E-state index contributed by atoms with van der Waals surface area (Å²) in [5.41, 5.74) is 3.08. The number of benzene rings is 2. The van der Waals surface area contributed by atoms with Gasteiger partial charge in [-0.25, -0.2) is 9.59 Å². The van der Waals surface area contributed by atoms with Crippen molar-refractivity contribution in [1.29, 1.82) is 0 Å². The second-order valence-electron chi connectivity index (χ2n) is 8.52. The molecule has 7 heteroatoms. The van der Waals surface area contributed by atoms with Gasteiger partial charge in [-0.15, -0.1) is 0 Å². The van der Waals surface area contributed by atoms with E-state index < -0.39 is 29.6 Å². The average molecular weight is 466 g/mol. The SMILES string of the molecule is CCCC[C@H](NC(=O)[C@H](C)Oc1ccc2c(C)c(Cc3ccccc3)c(=O)oc2c1C)C(=O)O. The van der Waals surface area contributed by atoms with E-state index >= 15 is 0 Å². The molecule has 2 atom stereocenters. The monoisotopic (exact) mass is 465 g/mol. The average Bonchev–Trinajstić information content (AvgIpc) is 2.81. The molecule has 2 aromatic carbocycles. The fourth-order valence-electron chi connectivity index (χ4n) is 3.90. The summed E-state index contributed by atoms with van der Waals surface area (Å²) in [5.74, 6) is -1.19. The van der Waals surface area contributed by atoms with Crippen LogP contribution in [0.15, 0.2) is 51.7 Å². The Kier molecular flexibility index (Phi) is 8.10. The number of aliphatic carboxylic acids is 1. The lowest BCUT2D eigenvalue weighted by atomic mass is 9.98. The van der Waals surface area contributed by atoms with E-state index in [9.17, 15) is 19.5 Å². The maximum Gasteiger partial charge on any atom is 0.340 e. The summed E-state index contributed by atoms with van der Waals surface area (Å²) in [6.07, 6.45) is 1.43. The van der Waals surface area contributed by atoms with E-state index in [1.54, 1.807) is 19.9 Å². The summed E-state index contributed by atoms with van der Waals surface area (Å²) in [4.78, 5) is 36.8. The molecule has 3 aromatic rings. The number of carbonyl (C=O) groups is 2. The van der Waals surface area contributed by atoms with Crippen LogP contribution in [0.1, 0.15) is 55.4 Å². The number of nitrogens with one attached hydrogen (secondary N) is 1. The number of amides is 1. The summed E-state index contributed by atoms with van der Waals surface area (Å²) >= 11 is 0. The molecule has 0 aliphatic heterocycles. The second kappa shape index (κ2) is 11.0. The Morgan fingerprint density at radius 1 is 1.09 bits per heavy atom. The van der Waals surface area contributed by atoms with Crippen LogP contribution in [0.4, 0.5) is 0 Å². The molecule has 0 saturated carbocycles. The molecule has 34 heavy (non-hydrogen) atoms. The molecule has 3 rings (SSSR count). The number of carboxylic acids is 1. The molecule has 7 nitrogen and oxygen atoms in total. The number of hydrogen-bond donors (Lipinski definition) is 2. The highest BCUT2D eigenvalue weighted by molar-refractivity contribution is 5.87. The van der Waals surface area contributed by atoms with Crippen molar-refractivity contribution < 1.29 is 23.8 Å². The lowest BCUT2D eigenvalue weighted by molar-refractivity contribution is -0.143. The van der Waals surface area contributed by atoms with Crippen LogP contribution in [0.25, 0.3) is 11.0 Å². The third-order valence-electron chi connectivity index (χ3n) is 6.01. The van der Waals surface area contributed by atoms with Gasteiger partial charge in [0.05, 0.1) is 0 Å². The molecule has 0 radical (unpaired) electrons. The van der Waals surface area contributed by atoms with Gasteiger partial charge < -0.3 is 19.6 Å². The fourth-order valence-corrected chi connectivity index (χ4v) is 3.90. The molecule has 0 saturated heterocycles. The lowest BCUT2D eigenvalue weighted by Gasteiger charge is -2.20. The van der Waals surface area contributed by atoms with Gasteiger partial charge in [-0.2, -0.15) is 0 Å². The van der Waals surface area contributed by atoms with Gasteiger partial charge in [-0.3, -0.25) is 4.79 Å². The van der Waals surface area contributed by atoms with Crippen LogP contribution in [-0.2, 0) is 16.0 Å². The number of rotatable bonds is 10. The van der Waals surface area contributed by atoms with Crippen molar-refractivity contribution in [3.63, 3.8) is 0 Å². The van der Waals surface area contributed by atoms with Gasteiger partial charge in [0.15, 0.2) is 6.10 Å². The minimum atomic E-state index is -1.07. The summed E-state index contributed by atoms with van der Waals surface area (Å²) in [7, 11) is 0. The first-order valence-electron chi connectivity index (χ1n) is 11.5. The van der Waals surface area contributed by atoms with E-state index in [4.69, 9.17) is 9.15 Å². The Balaban J connectivity index is 1.83. The van der Waals surface area contributed by atoms with Crippen molar-refractivity contribution in [2.24, 2.45) is 0 Å². The van der Waals surface area contributed by atoms with Crippen molar-refractivity contribution in [3.05, 3.63) is 75.1 Å². The largest absolute Gasteiger partial charge is 0.480 e. The minimum Gasteiger partial charge on any atom is -0.480 e. The van der Waals surface area contributed by atoms with Gasteiger partial charge >= 0.3 is 11.6 Å². The van der Waals surface area contributed by atoms with Gasteiger partial charge in [0, 0.05) is 22.9 Å².